The predicted molar refractivity (Wildman–Crippen MR) is 66.0 cm³/mol. The second kappa shape index (κ2) is 5.81. The molecule has 0 saturated heterocycles. The van der Waals surface area contributed by atoms with E-state index in [-0.39, 0.29) is 11.9 Å². The summed E-state index contributed by atoms with van der Waals surface area (Å²) in [6.45, 7) is 0.292. The van der Waals surface area contributed by atoms with Gasteiger partial charge < -0.3 is 15.2 Å². The molecule has 0 aliphatic rings. The third kappa shape index (κ3) is 3.71. The molecule has 0 aliphatic carbocycles. The Morgan fingerprint density at radius 3 is 2.48 bits per heavy atom. The van der Waals surface area contributed by atoms with Crippen LogP contribution in [0.15, 0.2) is 28.8 Å². The molecule has 0 atom stereocenters. The van der Waals surface area contributed by atoms with Crippen molar-refractivity contribution < 1.29 is 22.5 Å². The second-order valence-electron chi connectivity index (χ2n) is 4.05. The highest BCUT2D eigenvalue weighted by Gasteiger charge is 2.38. The van der Waals surface area contributed by atoms with Gasteiger partial charge >= 0.3 is 18.1 Å². The SMILES string of the molecule is CNC(=O)NCc1ccc(-c2noc(C(F)(F)F)n2)cc1. The lowest BCUT2D eigenvalue weighted by Crippen LogP contribution is -2.32. The minimum Gasteiger partial charge on any atom is -0.341 e. The van der Waals surface area contributed by atoms with Gasteiger partial charge in [-0.25, -0.2) is 4.79 Å². The van der Waals surface area contributed by atoms with Crippen molar-refractivity contribution in [2.75, 3.05) is 7.05 Å². The van der Waals surface area contributed by atoms with E-state index >= 15 is 0 Å². The molecule has 2 aromatic rings. The quantitative estimate of drug-likeness (QED) is 0.910. The number of nitrogens with zero attached hydrogens (tertiary/aromatic N) is 2. The summed E-state index contributed by atoms with van der Waals surface area (Å²) in [5.41, 5.74) is 1.17. The molecule has 2 amide bonds. The van der Waals surface area contributed by atoms with Crippen LogP contribution in [-0.4, -0.2) is 23.2 Å². The van der Waals surface area contributed by atoms with Crippen molar-refractivity contribution >= 4 is 6.03 Å². The van der Waals surface area contributed by atoms with Crippen molar-refractivity contribution in [3.63, 3.8) is 0 Å². The number of carbonyl (C=O) groups is 1. The van der Waals surface area contributed by atoms with Crippen LogP contribution in [0.3, 0.4) is 0 Å². The van der Waals surface area contributed by atoms with E-state index in [1.54, 1.807) is 24.3 Å². The van der Waals surface area contributed by atoms with Crippen LogP contribution in [0.25, 0.3) is 11.4 Å². The largest absolute Gasteiger partial charge is 0.471 e. The Morgan fingerprint density at radius 1 is 1.29 bits per heavy atom. The Hall–Kier alpha value is -2.58. The third-order valence-electron chi connectivity index (χ3n) is 2.56. The van der Waals surface area contributed by atoms with E-state index in [9.17, 15) is 18.0 Å². The maximum absolute atomic E-state index is 12.3. The van der Waals surface area contributed by atoms with Crippen molar-refractivity contribution in [2.24, 2.45) is 0 Å². The van der Waals surface area contributed by atoms with Crippen molar-refractivity contribution in [3.05, 3.63) is 35.7 Å². The summed E-state index contributed by atoms with van der Waals surface area (Å²) in [4.78, 5) is 14.3. The zero-order valence-electron chi connectivity index (χ0n) is 10.9. The monoisotopic (exact) mass is 300 g/mol. The first kappa shape index (κ1) is 14.8. The van der Waals surface area contributed by atoms with Gasteiger partial charge in [-0.1, -0.05) is 29.4 Å². The molecule has 0 spiro atoms. The molecule has 9 heteroatoms. The number of benzene rings is 1. The summed E-state index contributed by atoms with van der Waals surface area (Å²) in [6.07, 6.45) is -4.66. The normalized spacial score (nSPS) is 11.2. The number of alkyl halides is 3. The first-order valence-corrected chi connectivity index (χ1v) is 5.86. The zero-order valence-corrected chi connectivity index (χ0v) is 10.9. The van der Waals surface area contributed by atoms with Gasteiger partial charge in [0.05, 0.1) is 0 Å². The van der Waals surface area contributed by atoms with E-state index in [0.717, 1.165) is 5.56 Å². The van der Waals surface area contributed by atoms with E-state index in [1.165, 1.54) is 7.05 Å². The molecule has 0 bridgehead atoms. The molecule has 1 aromatic heterocycles. The van der Waals surface area contributed by atoms with Crippen molar-refractivity contribution in [3.8, 4) is 11.4 Å². The van der Waals surface area contributed by atoms with E-state index < -0.39 is 12.1 Å². The van der Waals surface area contributed by atoms with Gasteiger partial charge in [0.15, 0.2) is 0 Å². The number of rotatable bonds is 3. The molecule has 1 heterocycles. The summed E-state index contributed by atoms with van der Waals surface area (Å²) in [6, 6.07) is 6.06. The third-order valence-corrected chi connectivity index (χ3v) is 2.56. The standard InChI is InChI=1S/C12H11F3N4O2/c1-16-11(20)17-6-7-2-4-8(5-3-7)9-18-10(21-19-9)12(13,14)15/h2-5H,6H2,1H3,(H2,16,17,20). The van der Waals surface area contributed by atoms with Crippen molar-refractivity contribution in [1.82, 2.24) is 20.8 Å². The molecule has 0 saturated carbocycles. The molecule has 0 fully saturated rings. The lowest BCUT2D eigenvalue weighted by atomic mass is 10.1. The average Bonchev–Trinajstić information content (AvgIpc) is 2.95. The van der Waals surface area contributed by atoms with E-state index in [0.29, 0.717) is 12.1 Å². The number of hydrogen-bond donors (Lipinski definition) is 2. The van der Waals surface area contributed by atoms with Gasteiger partial charge in [-0.05, 0) is 5.56 Å². The second-order valence-corrected chi connectivity index (χ2v) is 4.05. The minimum atomic E-state index is -4.66. The Kier molecular flexibility index (Phi) is 4.10. The minimum absolute atomic E-state index is 0.145. The molecule has 1 aromatic carbocycles. The Labute approximate surface area is 117 Å². The van der Waals surface area contributed by atoms with Gasteiger partial charge in [-0.15, -0.1) is 0 Å². The molecule has 0 unspecified atom stereocenters. The lowest BCUT2D eigenvalue weighted by Gasteiger charge is -2.04. The topological polar surface area (TPSA) is 80.0 Å². The van der Waals surface area contributed by atoms with Gasteiger partial charge in [0.25, 0.3) is 0 Å². The molecule has 21 heavy (non-hydrogen) atoms. The van der Waals surface area contributed by atoms with Crippen LogP contribution in [0.2, 0.25) is 0 Å². The smallest absolute Gasteiger partial charge is 0.341 e. The van der Waals surface area contributed by atoms with Gasteiger partial charge in [0.2, 0.25) is 5.82 Å². The summed E-state index contributed by atoms with van der Waals surface area (Å²) in [7, 11) is 1.49. The predicted octanol–water partition coefficient (Wildman–Crippen LogP) is 2.18. The molecule has 112 valence electrons. The average molecular weight is 300 g/mol. The van der Waals surface area contributed by atoms with E-state index in [1.807, 2.05) is 0 Å². The first-order valence-electron chi connectivity index (χ1n) is 5.86. The molecular weight excluding hydrogens is 289 g/mol. The number of nitrogens with one attached hydrogen (secondary N) is 2. The lowest BCUT2D eigenvalue weighted by molar-refractivity contribution is -0.159. The van der Waals surface area contributed by atoms with E-state index in [4.69, 9.17) is 0 Å². The number of carbonyl (C=O) groups excluding carboxylic acids is 1. The van der Waals surface area contributed by atoms with Crippen LogP contribution in [0.5, 0.6) is 0 Å². The summed E-state index contributed by atoms with van der Waals surface area (Å²) in [5, 5.41) is 8.27. The molecule has 6 nitrogen and oxygen atoms in total. The number of amides is 2. The van der Waals surface area contributed by atoms with Crippen LogP contribution in [-0.2, 0) is 12.7 Å². The van der Waals surface area contributed by atoms with Gasteiger partial charge in [-0.3, -0.25) is 0 Å². The first-order chi connectivity index (χ1) is 9.90. The van der Waals surface area contributed by atoms with Crippen LogP contribution in [0.4, 0.5) is 18.0 Å². The Balaban J connectivity index is 2.08. The van der Waals surface area contributed by atoms with Gasteiger partial charge in [-0.2, -0.15) is 18.2 Å². The van der Waals surface area contributed by atoms with Crippen molar-refractivity contribution in [2.45, 2.75) is 12.7 Å². The maximum Gasteiger partial charge on any atom is 0.471 e. The Morgan fingerprint density at radius 2 is 1.95 bits per heavy atom. The number of urea groups is 1. The number of halogens is 3. The highest BCUT2D eigenvalue weighted by Crippen LogP contribution is 2.29. The van der Waals surface area contributed by atoms with E-state index in [2.05, 4.69) is 25.3 Å². The number of hydrogen-bond acceptors (Lipinski definition) is 4. The fraction of sp³-hybridized carbons (Fsp3) is 0.250. The highest BCUT2D eigenvalue weighted by atomic mass is 19.4. The van der Waals surface area contributed by atoms with Gasteiger partial charge in [0, 0.05) is 19.2 Å². The van der Waals surface area contributed by atoms with Gasteiger partial charge in [0.1, 0.15) is 0 Å². The molecule has 2 N–H and O–H groups in total. The zero-order chi connectivity index (χ0) is 15.5. The van der Waals surface area contributed by atoms with Crippen LogP contribution in [0, 0.1) is 0 Å². The van der Waals surface area contributed by atoms with Crippen LogP contribution >= 0.6 is 0 Å². The summed E-state index contributed by atoms with van der Waals surface area (Å²) in [5.74, 6) is -1.53. The molecule has 0 radical (unpaired) electrons. The molecule has 2 rings (SSSR count). The summed E-state index contributed by atoms with van der Waals surface area (Å²) >= 11 is 0. The highest BCUT2D eigenvalue weighted by molar-refractivity contribution is 5.73. The van der Waals surface area contributed by atoms with Crippen LogP contribution in [0.1, 0.15) is 11.5 Å². The Bertz CT molecular complexity index is 622. The molecule has 0 aliphatic heterocycles. The van der Waals surface area contributed by atoms with Crippen molar-refractivity contribution in [1.29, 1.82) is 0 Å². The fourth-order valence-corrected chi connectivity index (χ4v) is 1.50. The van der Waals surface area contributed by atoms with Crippen LogP contribution < -0.4 is 10.6 Å². The molecular formula is C12H11F3N4O2. The fourth-order valence-electron chi connectivity index (χ4n) is 1.50. The maximum atomic E-state index is 12.3. The number of aromatic nitrogens is 2. The summed E-state index contributed by atoms with van der Waals surface area (Å²) < 4.78 is 41.2.